The van der Waals surface area contributed by atoms with Gasteiger partial charge in [-0.05, 0) is 29.3 Å². The molecule has 0 atom stereocenters. The number of primary amides is 1. The molecule has 21 heavy (non-hydrogen) atoms. The maximum Gasteiger partial charge on any atom is 0.221 e. The van der Waals surface area contributed by atoms with Crippen molar-refractivity contribution in [1.82, 2.24) is 0 Å². The van der Waals surface area contributed by atoms with Gasteiger partial charge in [-0.3, -0.25) is 4.79 Å². The second-order valence-electron chi connectivity index (χ2n) is 4.56. The van der Waals surface area contributed by atoms with Gasteiger partial charge in [0, 0.05) is 12.2 Å². The fraction of sp³-hybridized carbons (Fsp3) is 0.133. The van der Waals surface area contributed by atoms with Crippen LogP contribution >= 0.6 is 0 Å². The Bertz CT molecular complexity index is 651. The number of phenols is 1. The Morgan fingerprint density at radius 2 is 1.81 bits per heavy atom. The number of halogens is 2. The number of rotatable bonds is 5. The predicted octanol–water partition coefficient (Wildman–Crippen LogP) is 2.31. The van der Waals surface area contributed by atoms with Crippen LogP contribution in [0.25, 0.3) is 0 Å². The molecule has 1 amide bonds. The van der Waals surface area contributed by atoms with Crippen LogP contribution in [0.4, 0.5) is 14.5 Å². The minimum absolute atomic E-state index is 0.0709. The van der Waals surface area contributed by atoms with Crippen molar-refractivity contribution < 1.29 is 18.7 Å². The van der Waals surface area contributed by atoms with Crippen LogP contribution in [0.2, 0.25) is 0 Å². The SMILES string of the molecule is NC(=O)Cc1ccccc1NCc1cc(F)c(O)c(F)c1. The van der Waals surface area contributed by atoms with Crippen molar-refractivity contribution in [2.45, 2.75) is 13.0 Å². The number of benzene rings is 2. The zero-order valence-electron chi connectivity index (χ0n) is 11.1. The van der Waals surface area contributed by atoms with Crippen molar-refractivity contribution in [1.29, 1.82) is 0 Å². The third-order valence-electron chi connectivity index (χ3n) is 2.94. The smallest absolute Gasteiger partial charge is 0.221 e. The number of aromatic hydroxyl groups is 1. The number of carbonyl (C=O) groups is 1. The zero-order chi connectivity index (χ0) is 15.4. The number of para-hydroxylation sites is 1. The first-order valence-corrected chi connectivity index (χ1v) is 6.24. The molecule has 2 aromatic carbocycles. The van der Waals surface area contributed by atoms with Gasteiger partial charge < -0.3 is 16.2 Å². The highest BCUT2D eigenvalue weighted by molar-refractivity contribution is 5.78. The molecule has 2 rings (SSSR count). The Morgan fingerprint density at radius 1 is 1.19 bits per heavy atom. The standard InChI is InChI=1S/C15H14F2N2O2/c16-11-5-9(6-12(17)15(11)21)8-19-13-4-2-1-3-10(13)7-14(18)20/h1-6,19,21H,7-8H2,(H2,18,20). The van der Waals surface area contributed by atoms with Crippen LogP contribution in [-0.2, 0) is 17.8 Å². The molecule has 4 nitrogen and oxygen atoms in total. The Labute approximate surface area is 120 Å². The summed E-state index contributed by atoms with van der Waals surface area (Å²) in [6.45, 7) is 0.143. The van der Waals surface area contributed by atoms with Crippen molar-refractivity contribution >= 4 is 11.6 Å². The Hall–Kier alpha value is -2.63. The molecule has 0 fully saturated rings. The molecule has 0 aliphatic carbocycles. The van der Waals surface area contributed by atoms with Crippen LogP contribution in [0, 0.1) is 11.6 Å². The lowest BCUT2D eigenvalue weighted by atomic mass is 10.1. The van der Waals surface area contributed by atoms with E-state index in [0.29, 0.717) is 16.8 Å². The molecule has 0 saturated heterocycles. The van der Waals surface area contributed by atoms with E-state index in [9.17, 15) is 13.6 Å². The molecule has 0 radical (unpaired) electrons. The van der Waals surface area contributed by atoms with Gasteiger partial charge in [-0.1, -0.05) is 18.2 Å². The van der Waals surface area contributed by atoms with Crippen molar-refractivity contribution in [2.24, 2.45) is 5.73 Å². The molecule has 0 saturated carbocycles. The largest absolute Gasteiger partial charge is 0.503 e. The van der Waals surface area contributed by atoms with Crippen LogP contribution in [0.15, 0.2) is 36.4 Å². The van der Waals surface area contributed by atoms with Gasteiger partial charge in [0.25, 0.3) is 0 Å². The van der Waals surface area contributed by atoms with E-state index in [2.05, 4.69) is 5.32 Å². The summed E-state index contributed by atoms with van der Waals surface area (Å²) in [5.74, 6) is -3.49. The lowest BCUT2D eigenvalue weighted by Crippen LogP contribution is -2.15. The van der Waals surface area contributed by atoms with Crippen LogP contribution in [-0.4, -0.2) is 11.0 Å². The molecule has 110 valence electrons. The van der Waals surface area contributed by atoms with Crippen molar-refractivity contribution in [3.63, 3.8) is 0 Å². The van der Waals surface area contributed by atoms with Gasteiger partial charge in [-0.15, -0.1) is 0 Å². The Morgan fingerprint density at radius 3 is 2.43 bits per heavy atom. The highest BCUT2D eigenvalue weighted by atomic mass is 19.1. The number of hydrogen-bond acceptors (Lipinski definition) is 3. The molecule has 4 N–H and O–H groups in total. The first-order valence-electron chi connectivity index (χ1n) is 6.24. The summed E-state index contributed by atoms with van der Waals surface area (Å²) in [5, 5.41) is 12.0. The average molecular weight is 292 g/mol. The van der Waals surface area contributed by atoms with Gasteiger partial charge in [-0.25, -0.2) is 8.78 Å². The molecule has 0 unspecified atom stereocenters. The molecule has 2 aromatic rings. The molecule has 0 bridgehead atoms. The molecular formula is C15H14F2N2O2. The van der Waals surface area contributed by atoms with E-state index in [1.165, 1.54) is 0 Å². The maximum atomic E-state index is 13.2. The quantitative estimate of drug-likeness (QED) is 0.791. The molecule has 0 aromatic heterocycles. The van der Waals surface area contributed by atoms with Crippen molar-refractivity contribution in [3.05, 3.63) is 59.2 Å². The fourth-order valence-electron chi connectivity index (χ4n) is 1.95. The first kappa shape index (κ1) is 14.8. The van der Waals surface area contributed by atoms with E-state index in [4.69, 9.17) is 10.8 Å². The van der Waals surface area contributed by atoms with E-state index in [-0.39, 0.29) is 13.0 Å². The number of hydrogen-bond donors (Lipinski definition) is 3. The normalized spacial score (nSPS) is 10.4. The fourth-order valence-corrected chi connectivity index (χ4v) is 1.95. The second-order valence-corrected chi connectivity index (χ2v) is 4.56. The predicted molar refractivity (Wildman–Crippen MR) is 74.7 cm³/mol. The average Bonchev–Trinajstić information content (AvgIpc) is 2.43. The molecule has 0 aliphatic heterocycles. The summed E-state index contributed by atoms with van der Waals surface area (Å²) in [6.07, 6.45) is 0.0709. The van der Waals surface area contributed by atoms with Gasteiger partial charge in [0.15, 0.2) is 17.4 Å². The summed E-state index contributed by atoms with van der Waals surface area (Å²) in [5.41, 5.74) is 6.85. The van der Waals surface area contributed by atoms with Crippen LogP contribution in [0.1, 0.15) is 11.1 Å². The van der Waals surface area contributed by atoms with Crippen LogP contribution in [0.5, 0.6) is 5.75 Å². The molecule has 0 heterocycles. The maximum absolute atomic E-state index is 13.2. The number of phenolic OH excluding ortho intramolecular Hbond substituents is 1. The van der Waals surface area contributed by atoms with E-state index >= 15 is 0 Å². The van der Waals surface area contributed by atoms with E-state index in [1.54, 1.807) is 24.3 Å². The lowest BCUT2D eigenvalue weighted by molar-refractivity contribution is -0.117. The molecule has 0 spiro atoms. The number of amides is 1. The highest BCUT2D eigenvalue weighted by Gasteiger charge is 2.10. The summed E-state index contributed by atoms with van der Waals surface area (Å²) < 4.78 is 26.5. The topological polar surface area (TPSA) is 75.4 Å². The lowest BCUT2D eigenvalue weighted by Gasteiger charge is -2.11. The first-order chi connectivity index (χ1) is 9.97. The van der Waals surface area contributed by atoms with Crippen LogP contribution < -0.4 is 11.1 Å². The molecule has 0 aliphatic rings. The zero-order valence-corrected chi connectivity index (χ0v) is 11.1. The molecule has 6 heteroatoms. The minimum Gasteiger partial charge on any atom is -0.503 e. The summed E-state index contributed by atoms with van der Waals surface area (Å²) >= 11 is 0. The number of nitrogens with one attached hydrogen (secondary N) is 1. The van der Waals surface area contributed by atoms with E-state index < -0.39 is 23.3 Å². The summed E-state index contributed by atoms with van der Waals surface area (Å²) in [6, 6.07) is 9.11. The van der Waals surface area contributed by atoms with Gasteiger partial charge in [0.1, 0.15) is 0 Å². The Kier molecular flexibility index (Phi) is 4.37. The number of anilines is 1. The van der Waals surface area contributed by atoms with Gasteiger partial charge in [0.05, 0.1) is 6.42 Å². The summed E-state index contributed by atoms with van der Waals surface area (Å²) in [4.78, 5) is 11.0. The van der Waals surface area contributed by atoms with Crippen molar-refractivity contribution in [2.75, 3.05) is 5.32 Å². The molecular weight excluding hydrogens is 278 g/mol. The Balaban J connectivity index is 2.15. The van der Waals surface area contributed by atoms with E-state index in [0.717, 1.165) is 12.1 Å². The summed E-state index contributed by atoms with van der Waals surface area (Å²) in [7, 11) is 0. The third kappa shape index (κ3) is 3.68. The number of nitrogens with two attached hydrogens (primary N) is 1. The van der Waals surface area contributed by atoms with Gasteiger partial charge in [-0.2, -0.15) is 0 Å². The number of carbonyl (C=O) groups excluding carboxylic acids is 1. The van der Waals surface area contributed by atoms with Crippen LogP contribution in [0.3, 0.4) is 0 Å². The minimum atomic E-state index is -1.02. The van der Waals surface area contributed by atoms with E-state index in [1.807, 2.05) is 0 Å². The third-order valence-corrected chi connectivity index (χ3v) is 2.94. The van der Waals surface area contributed by atoms with Gasteiger partial charge in [0.2, 0.25) is 5.91 Å². The monoisotopic (exact) mass is 292 g/mol. The second kappa shape index (κ2) is 6.21. The highest BCUT2D eigenvalue weighted by Crippen LogP contribution is 2.22. The van der Waals surface area contributed by atoms with Gasteiger partial charge >= 0.3 is 0 Å². The van der Waals surface area contributed by atoms with Crippen molar-refractivity contribution in [3.8, 4) is 5.75 Å².